The second-order valence-electron chi connectivity index (χ2n) is 8.30. The van der Waals surface area contributed by atoms with Crippen LogP contribution >= 0.6 is 11.6 Å². The number of halogens is 1. The smallest absolute Gasteiger partial charge is 0.226 e. The summed E-state index contributed by atoms with van der Waals surface area (Å²) in [5.41, 5.74) is 1.28. The Bertz CT molecular complexity index is 817. The monoisotopic (exact) mass is 384 g/mol. The summed E-state index contributed by atoms with van der Waals surface area (Å²) in [6.45, 7) is 3.69. The number of rotatable bonds is 4. The number of nitrogens with zero attached hydrogens (tertiary/aromatic N) is 2. The molecule has 1 aliphatic carbocycles. The van der Waals surface area contributed by atoms with Gasteiger partial charge in [-0.05, 0) is 48.1 Å². The second-order valence-corrected chi connectivity index (χ2v) is 8.67. The minimum atomic E-state index is 0.203. The van der Waals surface area contributed by atoms with Crippen LogP contribution in [-0.4, -0.2) is 35.3 Å². The summed E-state index contributed by atoms with van der Waals surface area (Å²) in [5.74, 6) is 2.58. The van der Waals surface area contributed by atoms with Crippen molar-refractivity contribution >= 4 is 17.5 Å². The van der Waals surface area contributed by atoms with Crippen LogP contribution in [0.2, 0.25) is 5.22 Å². The highest BCUT2D eigenvalue weighted by Gasteiger charge is 2.50. The van der Waals surface area contributed by atoms with Crippen molar-refractivity contribution in [3.8, 4) is 0 Å². The quantitative estimate of drug-likeness (QED) is 0.785. The van der Waals surface area contributed by atoms with Gasteiger partial charge in [0.25, 0.3) is 0 Å². The Morgan fingerprint density at radius 2 is 1.89 bits per heavy atom. The third-order valence-corrected chi connectivity index (χ3v) is 6.83. The van der Waals surface area contributed by atoms with Gasteiger partial charge in [0, 0.05) is 31.5 Å². The molecular weight excluding hydrogens is 360 g/mol. The first-order chi connectivity index (χ1) is 13.2. The molecule has 27 heavy (non-hydrogen) atoms. The van der Waals surface area contributed by atoms with Gasteiger partial charge in [-0.15, -0.1) is 0 Å². The van der Waals surface area contributed by atoms with Crippen molar-refractivity contribution in [2.45, 2.75) is 31.8 Å². The van der Waals surface area contributed by atoms with Gasteiger partial charge in [-0.2, -0.15) is 0 Å². The summed E-state index contributed by atoms with van der Waals surface area (Å²) in [7, 11) is 0. The van der Waals surface area contributed by atoms with Crippen molar-refractivity contribution in [3.05, 3.63) is 59.0 Å². The van der Waals surface area contributed by atoms with Gasteiger partial charge in [0.05, 0.1) is 12.6 Å². The normalized spacial score (nSPS) is 28.3. The Balaban J connectivity index is 1.37. The first kappa shape index (κ1) is 17.3. The Morgan fingerprint density at radius 1 is 1.07 bits per heavy atom. The van der Waals surface area contributed by atoms with E-state index < -0.39 is 0 Å². The number of furan rings is 1. The van der Waals surface area contributed by atoms with E-state index in [9.17, 15) is 4.79 Å². The van der Waals surface area contributed by atoms with Gasteiger partial charge in [0.15, 0.2) is 5.22 Å². The van der Waals surface area contributed by atoms with Crippen LogP contribution in [0.25, 0.3) is 0 Å². The lowest BCUT2D eigenvalue weighted by Gasteiger charge is -2.35. The topological polar surface area (TPSA) is 36.7 Å². The largest absolute Gasteiger partial charge is 0.448 e. The molecule has 1 amide bonds. The van der Waals surface area contributed by atoms with Crippen LogP contribution in [0, 0.1) is 17.8 Å². The highest BCUT2D eigenvalue weighted by molar-refractivity contribution is 6.28. The van der Waals surface area contributed by atoms with Crippen molar-refractivity contribution in [3.63, 3.8) is 0 Å². The van der Waals surface area contributed by atoms with Crippen LogP contribution in [0.5, 0.6) is 0 Å². The number of hydrogen-bond donors (Lipinski definition) is 0. The molecule has 3 aliphatic rings. The fourth-order valence-corrected chi connectivity index (χ4v) is 5.28. The second kappa shape index (κ2) is 6.99. The molecule has 1 aromatic carbocycles. The first-order valence-corrected chi connectivity index (χ1v) is 10.4. The van der Waals surface area contributed by atoms with Gasteiger partial charge in [0.1, 0.15) is 5.76 Å². The fourth-order valence-electron chi connectivity index (χ4n) is 5.12. The molecule has 0 spiro atoms. The van der Waals surface area contributed by atoms with Crippen LogP contribution in [0.3, 0.4) is 0 Å². The van der Waals surface area contributed by atoms with Gasteiger partial charge in [0.2, 0.25) is 5.91 Å². The molecule has 3 atom stereocenters. The zero-order valence-corrected chi connectivity index (χ0v) is 16.1. The van der Waals surface area contributed by atoms with Gasteiger partial charge in [-0.1, -0.05) is 36.8 Å². The number of benzene rings is 1. The van der Waals surface area contributed by atoms with E-state index in [0.29, 0.717) is 23.0 Å². The highest BCUT2D eigenvalue weighted by Crippen LogP contribution is 2.47. The Labute approximate surface area is 165 Å². The molecule has 1 aromatic heterocycles. The number of carbonyl (C=O) groups excluding carboxylic acids is 1. The van der Waals surface area contributed by atoms with Crippen LogP contribution in [0.4, 0.5) is 0 Å². The molecule has 2 aromatic rings. The molecule has 0 unspecified atom stereocenters. The van der Waals surface area contributed by atoms with Crippen LogP contribution in [0.1, 0.15) is 36.6 Å². The summed E-state index contributed by atoms with van der Waals surface area (Å²) in [4.78, 5) is 17.8. The molecule has 3 fully saturated rings. The summed E-state index contributed by atoms with van der Waals surface area (Å²) in [6, 6.07) is 14.6. The molecule has 2 saturated heterocycles. The number of fused-ring (bicyclic) bond motifs is 1. The van der Waals surface area contributed by atoms with Gasteiger partial charge >= 0.3 is 0 Å². The molecule has 1 saturated carbocycles. The first-order valence-electron chi connectivity index (χ1n) is 10.0. The van der Waals surface area contributed by atoms with E-state index in [4.69, 9.17) is 16.0 Å². The molecule has 0 N–H and O–H groups in total. The maximum atomic E-state index is 13.1. The molecule has 5 rings (SSSR count). The van der Waals surface area contributed by atoms with Crippen molar-refractivity contribution in [1.82, 2.24) is 9.80 Å². The molecule has 0 bridgehead atoms. The van der Waals surface area contributed by atoms with Crippen LogP contribution in [0.15, 0.2) is 46.9 Å². The van der Waals surface area contributed by atoms with Crippen molar-refractivity contribution < 1.29 is 9.21 Å². The molecule has 0 radical (unpaired) electrons. The lowest BCUT2D eigenvalue weighted by molar-refractivity contribution is -0.139. The molecule has 4 nitrogen and oxygen atoms in total. The predicted octanol–water partition coefficient (Wildman–Crippen LogP) is 4.36. The number of amides is 1. The van der Waals surface area contributed by atoms with Gasteiger partial charge < -0.3 is 9.32 Å². The van der Waals surface area contributed by atoms with Gasteiger partial charge in [-0.3, -0.25) is 9.69 Å². The average Bonchev–Trinajstić information content (AvgIpc) is 3.28. The average molecular weight is 385 g/mol. The summed E-state index contributed by atoms with van der Waals surface area (Å²) in [5, 5.41) is 0.448. The van der Waals surface area contributed by atoms with Crippen LogP contribution in [-0.2, 0) is 11.3 Å². The lowest BCUT2D eigenvalue weighted by Crippen LogP contribution is -2.41. The van der Waals surface area contributed by atoms with E-state index in [2.05, 4.69) is 40.1 Å². The summed E-state index contributed by atoms with van der Waals surface area (Å²) < 4.78 is 5.55. The van der Waals surface area contributed by atoms with Crippen LogP contribution < -0.4 is 0 Å². The van der Waals surface area contributed by atoms with E-state index in [1.165, 1.54) is 12.0 Å². The fraction of sp³-hybridized carbons (Fsp3) is 0.500. The third kappa shape index (κ3) is 3.19. The Hall–Kier alpha value is -1.78. The zero-order valence-electron chi connectivity index (χ0n) is 15.4. The minimum absolute atomic E-state index is 0.203. The van der Waals surface area contributed by atoms with E-state index in [-0.39, 0.29) is 12.0 Å². The predicted molar refractivity (Wildman–Crippen MR) is 104 cm³/mol. The Kier molecular flexibility index (Phi) is 4.49. The third-order valence-electron chi connectivity index (χ3n) is 6.63. The lowest BCUT2D eigenvalue weighted by atomic mass is 9.83. The number of likely N-dealkylation sites (tertiary alicyclic amines) is 2. The molecule has 3 heterocycles. The Morgan fingerprint density at radius 3 is 2.56 bits per heavy atom. The molecular formula is C22H25ClN2O2. The molecule has 5 heteroatoms. The summed E-state index contributed by atoms with van der Waals surface area (Å²) in [6.07, 6.45) is 3.34. The van der Waals surface area contributed by atoms with E-state index in [1.807, 2.05) is 6.07 Å². The van der Waals surface area contributed by atoms with Crippen molar-refractivity contribution in [2.75, 3.05) is 19.6 Å². The van der Waals surface area contributed by atoms with E-state index >= 15 is 0 Å². The number of carbonyl (C=O) groups is 1. The SMILES string of the molecule is O=C(C1CCC1)N1C[C@@H]2CN(Cc3ccc(Cl)o3)C[C@@H]2[C@@H]1c1ccccc1. The number of hydrogen-bond acceptors (Lipinski definition) is 3. The minimum Gasteiger partial charge on any atom is -0.448 e. The van der Waals surface area contributed by atoms with Gasteiger partial charge in [-0.25, -0.2) is 0 Å². The van der Waals surface area contributed by atoms with E-state index in [1.54, 1.807) is 6.07 Å². The van der Waals surface area contributed by atoms with Crippen molar-refractivity contribution in [1.29, 1.82) is 0 Å². The van der Waals surface area contributed by atoms with Crippen molar-refractivity contribution in [2.24, 2.45) is 17.8 Å². The standard InChI is InChI=1S/C22H25ClN2O2/c23-20-10-9-18(27-20)13-24-11-17-12-25(22(26)16-7-4-8-16)21(19(17)14-24)15-5-2-1-3-6-15/h1-3,5-6,9-10,16-17,19,21H,4,7-8,11-14H2/t17-,19-,21-/m0/s1. The highest BCUT2D eigenvalue weighted by atomic mass is 35.5. The summed E-state index contributed by atoms with van der Waals surface area (Å²) >= 11 is 5.92. The zero-order chi connectivity index (χ0) is 18.4. The maximum Gasteiger partial charge on any atom is 0.226 e. The maximum absolute atomic E-state index is 13.1. The van der Waals surface area contributed by atoms with E-state index in [0.717, 1.165) is 44.8 Å². The molecule has 2 aliphatic heterocycles. The molecule has 142 valence electrons.